The maximum atomic E-state index is 12.9. The highest BCUT2D eigenvalue weighted by Gasteiger charge is 2.40. The summed E-state index contributed by atoms with van der Waals surface area (Å²) in [4.78, 5) is 16.1. The molecule has 0 atom stereocenters. The maximum absolute atomic E-state index is 12.9. The van der Waals surface area contributed by atoms with Crippen molar-refractivity contribution in [2.45, 2.75) is 77.4 Å². The number of nitrogens with one attached hydrogen (secondary N) is 1. The van der Waals surface area contributed by atoms with E-state index in [0.29, 0.717) is 6.04 Å². The van der Waals surface area contributed by atoms with Gasteiger partial charge >= 0.3 is 0 Å². The van der Waals surface area contributed by atoms with Crippen LogP contribution in [-0.4, -0.2) is 34.5 Å². The van der Waals surface area contributed by atoms with Crippen LogP contribution in [0.25, 0.3) is 6.08 Å². The van der Waals surface area contributed by atoms with E-state index < -0.39 is 0 Å². The zero-order valence-corrected chi connectivity index (χ0v) is 16.6. The Hall–Kier alpha value is -1.13. The van der Waals surface area contributed by atoms with Crippen LogP contribution >= 0.6 is 11.3 Å². The van der Waals surface area contributed by atoms with Gasteiger partial charge in [0.15, 0.2) is 0 Å². The molecule has 1 aliphatic heterocycles. The predicted molar refractivity (Wildman–Crippen MR) is 104 cm³/mol. The molecule has 4 heteroatoms. The van der Waals surface area contributed by atoms with Crippen molar-refractivity contribution in [2.24, 2.45) is 0 Å². The lowest BCUT2D eigenvalue weighted by atomic mass is 9.79. The summed E-state index contributed by atoms with van der Waals surface area (Å²) >= 11 is 1.66. The Morgan fingerprint density at radius 3 is 2.54 bits per heavy atom. The molecule has 0 aliphatic carbocycles. The molecule has 1 aromatic rings. The second-order valence-electron chi connectivity index (χ2n) is 8.19. The average molecular weight is 349 g/mol. The first-order valence-corrected chi connectivity index (χ1v) is 9.92. The molecule has 2 rings (SSSR count). The van der Waals surface area contributed by atoms with E-state index in [-0.39, 0.29) is 17.0 Å². The average Bonchev–Trinajstić information content (AvgIpc) is 2.95. The van der Waals surface area contributed by atoms with Crippen LogP contribution in [-0.2, 0) is 4.79 Å². The van der Waals surface area contributed by atoms with E-state index in [4.69, 9.17) is 0 Å². The van der Waals surface area contributed by atoms with Crippen LogP contribution in [0.2, 0.25) is 0 Å². The minimum absolute atomic E-state index is 0.0502. The summed E-state index contributed by atoms with van der Waals surface area (Å²) in [6.07, 6.45) is 7.86. The standard InChI is InChI=1S/C20H32N2OS/c1-6-7-12-22(18(23)11-10-17-9-8-13-24-17)16-14-19(2,3)21-20(4,5)15-16/h8-11,13,16,21H,6-7,12,14-15H2,1-5H3/b11-10+. The summed E-state index contributed by atoms with van der Waals surface area (Å²) in [5.74, 6) is 0.148. The fourth-order valence-electron chi connectivity index (χ4n) is 3.93. The van der Waals surface area contributed by atoms with Gasteiger partial charge in [0, 0.05) is 34.6 Å². The molecule has 1 fully saturated rings. The molecule has 0 aromatic carbocycles. The van der Waals surface area contributed by atoms with Gasteiger partial charge in [0.05, 0.1) is 0 Å². The summed E-state index contributed by atoms with van der Waals surface area (Å²) < 4.78 is 0. The van der Waals surface area contributed by atoms with Crippen LogP contribution in [0.1, 0.15) is 65.2 Å². The third-order valence-electron chi connectivity index (χ3n) is 4.58. The molecule has 134 valence electrons. The molecule has 1 saturated heterocycles. The predicted octanol–water partition coefficient (Wildman–Crippen LogP) is 4.70. The number of hydrogen-bond donors (Lipinski definition) is 1. The van der Waals surface area contributed by atoms with E-state index in [9.17, 15) is 4.79 Å². The number of unbranched alkanes of at least 4 members (excludes halogenated alkanes) is 1. The van der Waals surface area contributed by atoms with Gasteiger partial charge in [0.1, 0.15) is 0 Å². The monoisotopic (exact) mass is 348 g/mol. The van der Waals surface area contributed by atoms with Crippen LogP contribution in [0.15, 0.2) is 23.6 Å². The Bertz CT molecular complexity index is 544. The molecule has 2 heterocycles. The molecule has 0 bridgehead atoms. The fraction of sp³-hybridized carbons (Fsp3) is 0.650. The van der Waals surface area contributed by atoms with Crippen molar-refractivity contribution in [3.8, 4) is 0 Å². The Morgan fingerprint density at radius 2 is 2.00 bits per heavy atom. The Kier molecular flexibility index (Phi) is 6.27. The van der Waals surface area contributed by atoms with Gasteiger partial charge in [-0.05, 0) is 64.5 Å². The molecular weight excluding hydrogens is 316 g/mol. The number of thiophene rings is 1. The van der Waals surface area contributed by atoms with Gasteiger partial charge in [0.2, 0.25) is 5.91 Å². The number of piperidine rings is 1. The highest BCUT2D eigenvalue weighted by Crippen LogP contribution is 2.32. The molecule has 3 nitrogen and oxygen atoms in total. The Morgan fingerprint density at radius 1 is 1.33 bits per heavy atom. The van der Waals surface area contributed by atoms with E-state index in [2.05, 4.69) is 44.8 Å². The Balaban J connectivity index is 2.15. The highest BCUT2D eigenvalue weighted by atomic mass is 32.1. The first-order chi connectivity index (χ1) is 11.2. The smallest absolute Gasteiger partial charge is 0.246 e. The molecule has 1 aromatic heterocycles. The third kappa shape index (κ3) is 5.45. The van der Waals surface area contributed by atoms with Crippen LogP contribution < -0.4 is 5.32 Å². The van der Waals surface area contributed by atoms with Crippen molar-refractivity contribution in [1.82, 2.24) is 10.2 Å². The van der Waals surface area contributed by atoms with Gasteiger partial charge in [0.25, 0.3) is 0 Å². The minimum atomic E-state index is 0.0502. The largest absolute Gasteiger partial charge is 0.336 e. The number of hydrogen-bond acceptors (Lipinski definition) is 3. The zero-order chi connectivity index (χ0) is 17.8. The van der Waals surface area contributed by atoms with Crippen LogP contribution in [0.3, 0.4) is 0 Å². The zero-order valence-electron chi connectivity index (χ0n) is 15.8. The van der Waals surface area contributed by atoms with Crippen molar-refractivity contribution in [3.05, 3.63) is 28.5 Å². The normalized spacial score (nSPS) is 20.4. The second kappa shape index (κ2) is 7.83. The summed E-state index contributed by atoms with van der Waals surface area (Å²) in [6.45, 7) is 12.0. The topological polar surface area (TPSA) is 32.3 Å². The molecule has 1 aliphatic rings. The number of carbonyl (C=O) groups is 1. The molecule has 1 amide bonds. The van der Waals surface area contributed by atoms with Crippen LogP contribution in [0.5, 0.6) is 0 Å². The van der Waals surface area contributed by atoms with Gasteiger partial charge in [-0.2, -0.15) is 0 Å². The van der Waals surface area contributed by atoms with Crippen molar-refractivity contribution < 1.29 is 4.79 Å². The molecule has 24 heavy (non-hydrogen) atoms. The minimum Gasteiger partial charge on any atom is -0.336 e. The number of nitrogens with zero attached hydrogens (tertiary/aromatic N) is 1. The van der Waals surface area contributed by atoms with Crippen molar-refractivity contribution in [1.29, 1.82) is 0 Å². The lowest BCUT2D eigenvalue weighted by Crippen LogP contribution is -2.62. The SMILES string of the molecule is CCCCN(C(=O)/C=C/c1cccs1)C1CC(C)(C)NC(C)(C)C1. The second-order valence-corrected chi connectivity index (χ2v) is 9.17. The summed E-state index contributed by atoms with van der Waals surface area (Å²) in [7, 11) is 0. The van der Waals surface area contributed by atoms with Crippen molar-refractivity contribution >= 4 is 23.3 Å². The van der Waals surface area contributed by atoms with E-state index in [1.165, 1.54) is 0 Å². The molecule has 0 saturated carbocycles. The number of amides is 1. The van der Waals surface area contributed by atoms with Gasteiger partial charge in [-0.1, -0.05) is 19.4 Å². The van der Waals surface area contributed by atoms with Crippen molar-refractivity contribution in [2.75, 3.05) is 6.54 Å². The van der Waals surface area contributed by atoms with Gasteiger partial charge in [-0.25, -0.2) is 0 Å². The van der Waals surface area contributed by atoms with Crippen molar-refractivity contribution in [3.63, 3.8) is 0 Å². The van der Waals surface area contributed by atoms with E-state index in [1.54, 1.807) is 17.4 Å². The molecule has 0 radical (unpaired) electrons. The van der Waals surface area contributed by atoms with E-state index in [1.807, 2.05) is 23.6 Å². The number of carbonyl (C=O) groups excluding carboxylic acids is 1. The molecule has 0 unspecified atom stereocenters. The highest BCUT2D eigenvalue weighted by molar-refractivity contribution is 7.10. The van der Waals surface area contributed by atoms with Gasteiger partial charge in [-0.15, -0.1) is 11.3 Å². The van der Waals surface area contributed by atoms with Crippen LogP contribution in [0, 0.1) is 0 Å². The fourth-order valence-corrected chi connectivity index (χ4v) is 4.54. The summed E-state index contributed by atoms with van der Waals surface area (Å²) in [6, 6.07) is 4.35. The first-order valence-electron chi connectivity index (χ1n) is 9.04. The van der Waals surface area contributed by atoms with Gasteiger partial charge in [-0.3, -0.25) is 4.79 Å². The number of rotatable bonds is 6. The quantitative estimate of drug-likeness (QED) is 0.756. The first kappa shape index (κ1) is 19.2. The van der Waals surface area contributed by atoms with E-state index in [0.717, 1.165) is 37.1 Å². The Labute approximate surface area is 151 Å². The lowest BCUT2D eigenvalue weighted by Gasteiger charge is -2.49. The maximum Gasteiger partial charge on any atom is 0.246 e. The lowest BCUT2D eigenvalue weighted by molar-refractivity contribution is -0.130. The third-order valence-corrected chi connectivity index (χ3v) is 5.42. The summed E-state index contributed by atoms with van der Waals surface area (Å²) in [5.41, 5.74) is 0.100. The van der Waals surface area contributed by atoms with E-state index >= 15 is 0 Å². The van der Waals surface area contributed by atoms with Gasteiger partial charge < -0.3 is 10.2 Å². The summed E-state index contributed by atoms with van der Waals surface area (Å²) in [5, 5.41) is 5.75. The molecule has 1 N–H and O–H groups in total. The molecular formula is C20H32N2OS. The van der Waals surface area contributed by atoms with Crippen LogP contribution in [0.4, 0.5) is 0 Å². The molecule has 0 spiro atoms.